The minimum absolute atomic E-state index is 0.130. The van der Waals surface area contributed by atoms with Gasteiger partial charge in [-0.1, -0.05) is 17.7 Å². The number of hydrogen-bond acceptors (Lipinski definition) is 2. The first kappa shape index (κ1) is 16.9. The standard InChI is InChI=1S/C18H20F2N2O/c1-11-8-12(2)18(13(3)9-11)22-17(23)6-7-21-14-4-5-15(19)16(20)10-14/h4-5,8-10,21H,6-7H2,1-3H3,(H,22,23). The van der Waals surface area contributed by atoms with Gasteiger partial charge in [0.1, 0.15) is 0 Å². The Balaban J connectivity index is 1.89. The number of amides is 1. The van der Waals surface area contributed by atoms with E-state index in [1.165, 1.54) is 6.07 Å². The summed E-state index contributed by atoms with van der Waals surface area (Å²) in [6.45, 7) is 6.25. The fourth-order valence-electron chi connectivity index (χ4n) is 2.51. The average Bonchev–Trinajstić information content (AvgIpc) is 2.46. The van der Waals surface area contributed by atoms with Crippen molar-refractivity contribution in [1.82, 2.24) is 0 Å². The van der Waals surface area contributed by atoms with Gasteiger partial charge in [-0.2, -0.15) is 0 Å². The van der Waals surface area contributed by atoms with Crippen LogP contribution in [0.5, 0.6) is 0 Å². The van der Waals surface area contributed by atoms with Gasteiger partial charge in [0.05, 0.1) is 0 Å². The summed E-state index contributed by atoms with van der Waals surface area (Å²) in [5, 5.41) is 5.80. The number of rotatable bonds is 5. The average molecular weight is 318 g/mol. The Hall–Kier alpha value is -2.43. The van der Waals surface area contributed by atoms with Gasteiger partial charge in [-0.3, -0.25) is 4.79 Å². The van der Waals surface area contributed by atoms with Crippen LogP contribution in [0, 0.1) is 32.4 Å². The first-order valence-electron chi connectivity index (χ1n) is 7.43. The number of halogens is 2. The molecule has 2 aromatic carbocycles. The highest BCUT2D eigenvalue weighted by molar-refractivity contribution is 5.92. The van der Waals surface area contributed by atoms with Crippen molar-refractivity contribution in [1.29, 1.82) is 0 Å². The lowest BCUT2D eigenvalue weighted by Gasteiger charge is -2.13. The minimum atomic E-state index is -0.912. The Morgan fingerprint density at radius 3 is 2.26 bits per heavy atom. The lowest BCUT2D eigenvalue weighted by molar-refractivity contribution is -0.115. The molecular formula is C18H20F2N2O. The molecule has 0 saturated heterocycles. The third kappa shape index (κ3) is 4.52. The second kappa shape index (κ2) is 7.22. The minimum Gasteiger partial charge on any atom is -0.384 e. The maximum atomic E-state index is 13.1. The van der Waals surface area contributed by atoms with Gasteiger partial charge < -0.3 is 10.6 Å². The molecule has 2 N–H and O–H groups in total. The molecule has 3 nitrogen and oxygen atoms in total. The van der Waals surface area contributed by atoms with E-state index in [4.69, 9.17) is 0 Å². The Morgan fingerprint density at radius 1 is 1.00 bits per heavy atom. The third-order valence-corrected chi connectivity index (χ3v) is 3.54. The van der Waals surface area contributed by atoms with Gasteiger partial charge in [0, 0.05) is 24.3 Å². The molecule has 0 aliphatic heterocycles. The summed E-state index contributed by atoms with van der Waals surface area (Å²) in [6, 6.07) is 7.59. The van der Waals surface area contributed by atoms with Crippen LogP contribution in [0.2, 0.25) is 0 Å². The van der Waals surface area contributed by atoms with E-state index in [0.717, 1.165) is 34.5 Å². The van der Waals surface area contributed by atoms with Gasteiger partial charge in [0.15, 0.2) is 11.6 Å². The summed E-state index contributed by atoms with van der Waals surface area (Å²) in [6.07, 6.45) is 0.228. The SMILES string of the molecule is Cc1cc(C)c(NC(=O)CCNc2ccc(F)c(F)c2)c(C)c1. The van der Waals surface area contributed by atoms with Crippen LogP contribution in [0.25, 0.3) is 0 Å². The summed E-state index contributed by atoms with van der Waals surface area (Å²) < 4.78 is 25.9. The Bertz CT molecular complexity index is 706. The predicted octanol–water partition coefficient (Wildman–Crippen LogP) is 4.33. The Kier molecular flexibility index (Phi) is 5.32. The van der Waals surface area contributed by atoms with Gasteiger partial charge in [-0.15, -0.1) is 0 Å². The van der Waals surface area contributed by atoms with Gasteiger partial charge >= 0.3 is 0 Å². The molecule has 122 valence electrons. The summed E-state index contributed by atoms with van der Waals surface area (Å²) >= 11 is 0. The first-order valence-corrected chi connectivity index (χ1v) is 7.43. The van der Waals surface area contributed by atoms with Crippen molar-refractivity contribution < 1.29 is 13.6 Å². The van der Waals surface area contributed by atoms with Crippen molar-refractivity contribution in [3.05, 3.63) is 58.7 Å². The van der Waals surface area contributed by atoms with Crippen molar-refractivity contribution >= 4 is 17.3 Å². The maximum absolute atomic E-state index is 13.1. The molecule has 0 saturated carbocycles. The smallest absolute Gasteiger partial charge is 0.226 e. The van der Waals surface area contributed by atoms with Crippen LogP contribution in [-0.2, 0) is 4.79 Å². The molecule has 23 heavy (non-hydrogen) atoms. The van der Waals surface area contributed by atoms with Crippen LogP contribution < -0.4 is 10.6 Å². The fraction of sp³-hybridized carbons (Fsp3) is 0.278. The van der Waals surface area contributed by atoms with Crippen molar-refractivity contribution in [3.8, 4) is 0 Å². The van der Waals surface area contributed by atoms with Crippen molar-refractivity contribution in [2.24, 2.45) is 0 Å². The normalized spacial score (nSPS) is 10.5. The van der Waals surface area contributed by atoms with Gasteiger partial charge in [-0.25, -0.2) is 8.78 Å². The van der Waals surface area contributed by atoms with Gasteiger partial charge in [-0.05, 0) is 50.1 Å². The number of carbonyl (C=O) groups excluding carboxylic acids is 1. The van der Waals surface area contributed by atoms with E-state index in [0.29, 0.717) is 12.2 Å². The molecule has 0 atom stereocenters. The van der Waals surface area contributed by atoms with E-state index in [-0.39, 0.29) is 12.3 Å². The van der Waals surface area contributed by atoms with Crippen molar-refractivity contribution in [2.75, 3.05) is 17.2 Å². The van der Waals surface area contributed by atoms with Gasteiger partial charge in [0.25, 0.3) is 0 Å². The lowest BCUT2D eigenvalue weighted by atomic mass is 10.1. The first-order chi connectivity index (χ1) is 10.9. The zero-order valence-electron chi connectivity index (χ0n) is 13.5. The number of nitrogens with one attached hydrogen (secondary N) is 2. The van der Waals surface area contributed by atoms with Crippen LogP contribution in [0.15, 0.2) is 30.3 Å². The molecule has 0 bridgehead atoms. The van der Waals surface area contributed by atoms with Crippen LogP contribution >= 0.6 is 0 Å². The van der Waals surface area contributed by atoms with Crippen molar-refractivity contribution in [3.63, 3.8) is 0 Å². The molecule has 2 rings (SSSR count). The fourth-order valence-corrected chi connectivity index (χ4v) is 2.51. The zero-order valence-corrected chi connectivity index (χ0v) is 13.5. The van der Waals surface area contributed by atoms with Crippen LogP contribution in [0.3, 0.4) is 0 Å². The van der Waals surface area contributed by atoms with Crippen molar-refractivity contribution in [2.45, 2.75) is 27.2 Å². The summed E-state index contributed by atoms with van der Waals surface area (Å²) in [5.74, 6) is -1.93. The lowest BCUT2D eigenvalue weighted by Crippen LogP contribution is -2.17. The van der Waals surface area contributed by atoms with E-state index in [2.05, 4.69) is 10.6 Å². The number of aryl methyl sites for hydroxylation is 3. The molecule has 5 heteroatoms. The predicted molar refractivity (Wildman–Crippen MR) is 88.7 cm³/mol. The number of hydrogen-bond donors (Lipinski definition) is 2. The number of anilines is 2. The highest BCUT2D eigenvalue weighted by Crippen LogP contribution is 2.22. The number of carbonyl (C=O) groups is 1. The Morgan fingerprint density at radius 2 is 1.65 bits per heavy atom. The second-order valence-corrected chi connectivity index (χ2v) is 5.63. The summed E-state index contributed by atoms with van der Waals surface area (Å²) in [4.78, 5) is 12.0. The van der Waals surface area contributed by atoms with Gasteiger partial charge in [0.2, 0.25) is 5.91 Å². The largest absolute Gasteiger partial charge is 0.384 e. The Labute approximate surface area is 134 Å². The summed E-state index contributed by atoms with van der Waals surface area (Å²) in [7, 11) is 0. The van der Waals surface area contributed by atoms with Crippen LogP contribution in [-0.4, -0.2) is 12.5 Å². The molecule has 0 spiro atoms. The van der Waals surface area contributed by atoms with Crippen LogP contribution in [0.1, 0.15) is 23.1 Å². The molecule has 0 aromatic heterocycles. The highest BCUT2D eigenvalue weighted by Gasteiger charge is 2.08. The maximum Gasteiger partial charge on any atom is 0.226 e. The second-order valence-electron chi connectivity index (χ2n) is 5.63. The quantitative estimate of drug-likeness (QED) is 0.861. The molecular weight excluding hydrogens is 298 g/mol. The third-order valence-electron chi connectivity index (χ3n) is 3.54. The zero-order chi connectivity index (χ0) is 17.0. The topological polar surface area (TPSA) is 41.1 Å². The molecule has 2 aromatic rings. The molecule has 0 aliphatic carbocycles. The number of benzene rings is 2. The van der Waals surface area contributed by atoms with E-state index in [1.54, 1.807) is 0 Å². The van der Waals surface area contributed by atoms with E-state index >= 15 is 0 Å². The monoisotopic (exact) mass is 318 g/mol. The molecule has 1 amide bonds. The highest BCUT2D eigenvalue weighted by atomic mass is 19.2. The molecule has 0 radical (unpaired) electrons. The van der Waals surface area contributed by atoms with E-state index < -0.39 is 11.6 Å². The van der Waals surface area contributed by atoms with E-state index in [1.807, 2.05) is 32.9 Å². The van der Waals surface area contributed by atoms with Crippen LogP contribution in [0.4, 0.5) is 20.2 Å². The molecule has 0 unspecified atom stereocenters. The molecule has 0 fully saturated rings. The van der Waals surface area contributed by atoms with E-state index in [9.17, 15) is 13.6 Å². The molecule has 0 aliphatic rings. The summed E-state index contributed by atoms with van der Waals surface area (Å²) in [5.41, 5.74) is 4.46. The molecule has 0 heterocycles.